The van der Waals surface area contributed by atoms with Crippen LogP contribution < -0.4 is 10.1 Å². The molecule has 0 bridgehead atoms. The number of fused-ring (bicyclic) bond motifs is 1. The molecule has 0 spiro atoms. The van der Waals surface area contributed by atoms with Gasteiger partial charge in [0.1, 0.15) is 16.8 Å². The molecule has 1 atom stereocenters. The van der Waals surface area contributed by atoms with Crippen LogP contribution in [0.2, 0.25) is 0 Å². The number of nitrogens with one attached hydrogen (secondary N) is 1. The molecular formula is C31H31FN6O4S. The van der Waals surface area contributed by atoms with Gasteiger partial charge in [0.15, 0.2) is 21.4 Å². The zero-order chi connectivity index (χ0) is 30.9. The molecule has 1 N–H and O–H groups in total. The molecule has 0 aliphatic carbocycles. The fourth-order valence-corrected chi connectivity index (χ4v) is 5.86. The molecule has 0 aliphatic heterocycles. The van der Waals surface area contributed by atoms with Crippen molar-refractivity contribution in [2.24, 2.45) is 0 Å². The van der Waals surface area contributed by atoms with E-state index in [4.69, 9.17) is 4.74 Å². The van der Waals surface area contributed by atoms with Crippen LogP contribution in [0.25, 0.3) is 10.9 Å². The fraction of sp³-hybridized carbons (Fsp3) is 0.258. The van der Waals surface area contributed by atoms with Crippen molar-refractivity contribution in [1.29, 1.82) is 0 Å². The number of halogens is 1. The Morgan fingerprint density at radius 1 is 1.07 bits per heavy atom. The number of ether oxygens (including phenoxy) is 1. The van der Waals surface area contributed by atoms with Crippen molar-refractivity contribution in [2.45, 2.75) is 56.7 Å². The summed E-state index contributed by atoms with van der Waals surface area (Å²) in [6.07, 6.45) is 7.73. The first-order valence-electron chi connectivity index (χ1n) is 13.5. The molecule has 3 heterocycles. The minimum atomic E-state index is -3.86. The Labute approximate surface area is 248 Å². The van der Waals surface area contributed by atoms with E-state index < -0.39 is 20.9 Å². The van der Waals surface area contributed by atoms with Gasteiger partial charge in [-0.15, -0.1) is 0 Å². The molecular weight excluding hydrogens is 571 g/mol. The van der Waals surface area contributed by atoms with E-state index in [1.807, 2.05) is 20.8 Å². The number of sulfone groups is 1. The molecule has 0 radical (unpaired) electrons. The van der Waals surface area contributed by atoms with Crippen molar-refractivity contribution >= 4 is 32.3 Å². The summed E-state index contributed by atoms with van der Waals surface area (Å²) >= 11 is 0. The molecule has 12 heteroatoms. The Morgan fingerprint density at radius 2 is 1.81 bits per heavy atom. The number of nitrogens with zero attached hydrogens (tertiary/aromatic N) is 5. The van der Waals surface area contributed by atoms with Gasteiger partial charge in [-0.25, -0.2) is 22.8 Å². The van der Waals surface area contributed by atoms with Crippen LogP contribution in [-0.2, 0) is 26.6 Å². The number of amides is 1. The average molecular weight is 603 g/mol. The van der Waals surface area contributed by atoms with E-state index >= 15 is 4.39 Å². The Kier molecular flexibility index (Phi) is 7.98. The molecule has 3 aromatic heterocycles. The molecule has 222 valence electrons. The van der Waals surface area contributed by atoms with E-state index in [9.17, 15) is 13.2 Å². The maximum Gasteiger partial charge on any atom is 0.228 e. The minimum Gasteiger partial charge on any atom is -0.453 e. The van der Waals surface area contributed by atoms with E-state index in [2.05, 4.69) is 25.4 Å². The summed E-state index contributed by atoms with van der Waals surface area (Å²) in [6, 6.07) is 10.6. The number of aryl methyl sites for hydroxylation is 1. The lowest BCUT2D eigenvalue weighted by Crippen LogP contribution is -2.22. The van der Waals surface area contributed by atoms with Crippen LogP contribution in [0.4, 0.5) is 10.1 Å². The third kappa shape index (κ3) is 6.38. The molecule has 5 aromatic rings. The number of rotatable bonds is 8. The van der Waals surface area contributed by atoms with Crippen LogP contribution in [0.15, 0.2) is 78.3 Å². The number of carbonyl (C=O) groups is 1. The highest BCUT2D eigenvalue weighted by Crippen LogP contribution is 2.36. The first kappa shape index (κ1) is 29.8. The number of hydrogen-bond acceptors (Lipinski definition) is 8. The molecule has 1 unspecified atom stereocenters. The van der Waals surface area contributed by atoms with Gasteiger partial charge in [-0.1, -0.05) is 6.07 Å². The number of pyridine rings is 1. The van der Waals surface area contributed by atoms with Crippen molar-refractivity contribution < 1.29 is 22.3 Å². The predicted octanol–water partition coefficient (Wildman–Crippen LogP) is 5.93. The van der Waals surface area contributed by atoms with E-state index in [0.29, 0.717) is 27.7 Å². The molecule has 1 amide bonds. The van der Waals surface area contributed by atoms with Crippen molar-refractivity contribution in [1.82, 2.24) is 24.7 Å². The van der Waals surface area contributed by atoms with Crippen molar-refractivity contribution in [3.63, 3.8) is 0 Å². The molecule has 0 saturated heterocycles. The number of benzene rings is 2. The second-order valence-electron chi connectivity index (χ2n) is 11.2. The SMILES string of the molecule is Cc1cc(CC(=O)Nc2cnn(C(C)(C)C)c2)cc(F)c1Oc1ccnc2ccc(S(=O)(=O)C(C)c3ncccn3)cc12. The minimum absolute atomic E-state index is 0.0319. The summed E-state index contributed by atoms with van der Waals surface area (Å²) < 4.78 is 49.9. The number of aromatic nitrogens is 5. The number of carbonyl (C=O) groups excluding carboxylic acids is 1. The highest BCUT2D eigenvalue weighted by Gasteiger charge is 2.28. The van der Waals surface area contributed by atoms with Crippen LogP contribution in [0.3, 0.4) is 0 Å². The van der Waals surface area contributed by atoms with Gasteiger partial charge in [-0.3, -0.25) is 14.5 Å². The zero-order valence-corrected chi connectivity index (χ0v) is 25.2. The summed E-state index contributed by atoms with van der Waals surface area (Å²) in [5.41, 5.74) is 1.72. The Balaban J connectivity index is 1.38. The molecule has 10 nitrogen and oxygen atoms in total. The Bertz CT molecular complexity index is 1900. The highest BCUT2D eigenvalue weighted by atomic mass is 32.2. The summed E-state index contributed by atoms with van der Waals surface area (Å²) in [6.45, 7) is 9.19. The van der Waals surface area contributed by atoms with Gasteiger partial charge in [0.05, 0.1) is 34.3 Å². The van der Waals surface area contributed by atoms with Gasteiger partial charge < -0.3 is 10.1 Å². The standard InChI is InChI=1S/C31H31FN6O4S/c1-19-13-21(15-28(39)37-22-17-36-38(18-22)31(3,4)5)14-25(32)29(19)42-27-9-12-33-26-8-7-23(16-24(26)27)43(40,41)20(2)30-34-10-6-11-35-30/h6-14,16-18,20H,15H2,1-5H3,(H,37,39). The van der Waals surface area contributed by atoms with Crippen LogP contribution in [0.1, 0.15) is 49.9 Å². The van der Waals surface area contributed by atoms with Gasteiger partial charge in [0.2, 0.25) is 5.91 Å². The van der Waals surface area contributed by atoms with Crippen LogP contribution >= 0.6 is 0 Å². The lowest BCUT2D eigenvalue weighted by molar-refractivity contribution is -0.115. The summed E-state index contributed by atoms with van der Waals surface area (Å²) in [5, 5.41) is 6.46. The van der Waals surface area contributed by atoms with Crippen LogP contribution in [-0.4, -0.2) is 39.1 Å². The topological polar surface area (TPSA) is 129 Å². The van der Waals surface area contributed by atoms with E-state index in [1.165, 1.54) is 43.7 Å². The predicted molar refractivity (Wildman–Crippen MR) is 160 cm³/mol. The van der Waals surface area contributed by atoms with Gasteiger partial charge in [0.25, 0.3) is 0 Å². The molecule has 0 saturated carbocycles. The average Bonchev–Trinajstić information content (AvgIpc) is 3.44. The van der Waals surface area contributed by atoms with E-state index in [-0.39, 0.29) is 40.1 Å². The largest absolute Gasteiger partial charge is 0.453 e. The summed E-state index contributed by atoms with van der Waals surface area (Å²) in [5.74, 6) is -0.606. The van der Waals surface area contributed by atoms with Gasteiger partial charge in [0, 0.05) is 30.2 Å². The first-order valence-corrected chi connectivity index (χ1v) is 15.1. The number of hydrogen-bond donors (Lipinski definition) is 1. The Morgan fingerprint density at radius 3 is 2.49 bits per heavy atom. The quantitative estimate of drug-likeness (QED) is 0.231. The van der Waals surface area contributed by atoms with Crippen LogP contribution in [0, 0.1) is 12.7 Å². The highest BCUT2D eigenvalue weighted by molar-refractivity contribution is 7.91. The second kappa shape index (κ2) is 11.5. The first-order chi connectivity index (χ1) is 20.3. The lowest BCUT2D eigenvalue weighted by atomic mass is 10.1. The Hall–Kier alpha value is -4.71. The van der Waals surface area contributed by atoms with E-state index in [1.54, 1.807) is 48.3 Å². The van der Waals surface area contributed by atoms with Crippen molar-refractivity contribution in [3.8, 4) is 11.5 Å². The maximum absolute atomic E-state index is 15.4. The maximum atomic E-state index is 15.4. The fourth-order valence-electron chi connectivity index (χ4n) is 4.52. The van der Waals surface area contributed by atoms with E-state index in [0.717, 1.165) is 0 Å². The van der Waals surface area contributed by atoms with Gasteiger partial charge in [-0.05, 0) is 82.1 Å². The van der Waals surface area contributed by atoms with Crippen molar-refractivity contribution in [3.05, 3.63) is 96.2 Å². The van der Waals surface area contributed by atoms with Crippen molar-refractivity contribution in [2.75, 3.05) is 5.32 Å². The third-order valence-corrected chi connectivity index (χ3v) is 8.89. The summed E-state index contributed by atoms with van der Waals surface area (Å²) in [4.78, 5) is 25.2. The molecule has 0 aliphatic rings. The second-order valence-corrected chi connectivity index (χ2v) is 13.4. The molecule has 43 heavy (non-hydrogen) atoms. The van der Waals surface area contributed by atoms with Gasteiger partial charge in [-0.2, -0.15) is 5.10 Å². The van der Waals surface area contributed by atoms with Crippen LogP contribution in [0.5, 0.6) is 11.5 Å². The molecule has 2 aromatic carbocycles. The molecule has 0 fully saturated rings. The smallest absolute Gasteiger partial charge is 0.228 e. The zero-order valence-electron chi connectivity index (χ0n) is 24.4. The normalized spacial score (nSPS) is 12.7. The monoisotopic (exact) mass is 602 g/mol. The summed E-state index contributed by atoms with van der Waals surface area (Å²) in [7, 11) is -3.86. The van der Waals surface area contributed by atoms with Gasteiger partial charge >= 0.3 is 0 Å². The lowest BCUT2D eigenvalue weighted by Gasteiger charge is -2.18. The molecule has 5 rings (SSSR count). The third-order valence-electron chi connectivity index (χ3n) is 6.84. The number of anilines is 1.